The molecule has 0 spiro atoms. The minimum atomic E-state index is -1.27. The number of nitrogens with zero attached hydrogens (tertiary/aromatic N) is 3. The number of non-ortho nitro benzene ring substituents is 1. The molecule has 4 amide bonds. The number of rotatable bonds is 4. The maximum absolute atomic E-state index is 14.4. The summed E-state index contributed by atoms with van der Waals surface area (Å²) in [6, 6.07) is 18.9. The molecule has 1 saturated carbocycles. The largest absolute Gasteiger partial charge is 0.508 e. The standard InChI is InChI=1S/C33H26BrN3O7/c1-33-25(30(40)36(32(33)42)18-5-3-2-4-6-18)16-23-21(28(33)24-15-17(34)7-14-26(24)38)12-13-22-27(23)31(41)35(29(22)39)19-8-10-20(11-9-19)37(43)44/h2-12,14-15,22-23,25,27-28,38H,13,16H2,1H3. The van der Waals surface area contributed by atoms with Gasteiger partial charge in [-0.25, -0.2) is 4.90 Å². The van der Waals surface area contributed by atoms with Crippen LogP contribution in [0.3, 0.4) is 0 Å². The molecule has 6 atom stereocenters. The second-order valence-corrected chi connectivity index (χ2v) is 12.9. The van der Waals surface area contributed by atoms with E-state index >= 15 is 0 Å². The molecule has 222 valence electrons. The van der Waals surface area contributed by atoms with Gasteiger partial charge < -0.3 is 5.11 Å². The van der Waals surface area contributed by atoms with Crippen molar-refractivity contribution >= 4 is 56.6 Å². The first-order valence-electron chi connectivity index (χ1n) is 14.3. The summed E-state index contributed by atoms with van der Waals surface area (Å²) >= 11 is 3.49. The number of hydrogen-bond donors (Lipinski definition) is 1. The lowest BCUT2D eigenvalue weighted by atomic mass is 9.51. The number of nitro benzene ring substituents is 1. The molecule has 0 aromatic heterocycles. The number of phenols is 1. The molecule has 0 bridgehead atoms. The van der Waals surface area contributed by atoms with Gasteiger partial charge in [0.25, 0.3) is 5.69 Å². The van der Waals surface area contributed by atoms with Crippen LogP contribution in [0, 0.1) is 39.2 Å². The van der Waals surface area contributed by atoms with Gasteiger partial charge in [0.1, 0.15) is 5.75 Å². The van der Waals surface area contributed by atoms with E-state index in [1.807, 2.05) is 6.08 Å². The molecular formula is C33H26BrN3O7. The normalized spacial score (nSPS) is 29.3. The predicted molar refractivity (Wildman–Crippen MR) is 162 cm³/mol. The highest BCUT2D eigenvalue weighted by Gasteiger charge is 2.68. The van der Waals surface area contributed by atoms with Crippen LogP contribution in [0.25, 0.3) is 0 Å². The minimum absolute atomic E-state index is 0.0402. The Morgan fingerprint density at radius 2 is 1.57 bits per heavy atom. The molecule has 3 aromatic rings. The van der Waals surface area contributed by atoms with Crippen molar-refractivity contribution in [2.45, 2.75) is 25.7 Å². The first kappa shape index (κ1) is 28.1. The Morgan fingerprint density at radius 3 is 2.25 bits per heavy atom. The second-order valence-electron chi connectivity index (χ2n) is 12.0. The third kappa shape index (κ3) is 3.84. The van der Waals surface area contributed by atoms with Crippen LogP contribution in [-0.4, -0.2) is 33.7 Å². The summed E-state index contributed by atoms with van der Waals surface area (Å²) in [6.45, 7) is 1.76. The van der Waals surface area contributed by atoms with Crippen LogP contribution in [0.1, 0.15) is 31.2 Å². The van der Waals surface area contributed by atoms with Crippen molar-refractivity contribution in [2.75, 3.05) is 9.80 Å². The van der Waals surface area contributed by atoms with E-state index in [0.29, 0.717) is 15.7 Å². The predicted octanol–water partition coefficient (Wildman–Crippen LogP) is 5.50. The third-order valence-electron chi connectivity index (χ3n) is 9.91. The Bertz CT molecular complexity index is 1810. The topological polar surface area (TPSA) is 138 Å². The lowest BCUT2D eigenvalue weighted by Crippen LogP contribution is -2.48. The number of carbonyl (C=O) groups excluding carboxylic acids is 4. The Balaban J connectivity index is 1.36. The number of anilines is 2. The Morgan fingerprint density at radius 1 is 0.886 bits per heavy atom. The van der Waals surface area contributed by atoms with Crippen molar-refractivity contribution < 1.29 is 29.2 Å². The van der Waals surface area contributed by atoms with Crippen molar-refractivity contribution in [3.63, 3.8) is 0 Å². The molecule has 7 rings (SSSR count). The van der Waals surface area contributed by atoms with Crippen LogP contribution in [0.15, 0.2) is 88.9 Å². The number of carbonyl (C=O) groups is 4. The molecule has 4 aliphatic rings. The maximum atomic E-state index is 14.4. The van der Waals surface area contributed by atoms with Gasteiger partial charge in [-0.15, -0.1) is 0 Å². The van der Waals surface area contributed by atoms with Crippen LogP contribution in [0.4, 0.5) is 17.1 Å². The number of nitro groups is 1. The highest BCUT2D eigenvalue weighted by Crippen LogP contribution is 2.64. The molecule has 6 unspecified atom stereocenters. The molecule has 3 aromatic carbocycles. The highest BCUT2D eigenvalue weighted by atomic mass is 79.9. The van der Waals surface area contributed by atoms with Crippen molar-refractivity contribution in [3.8, 4) is 5.75 Å². The number of imide groups is 2. The van der Waals surface area contributed by atoms with E-state index in [4.69, 9.17) is 0 Å². The molecule has 11 heteroatoms. The van der Waals surface area contributed by atoms with E-state index in [1.165, 1.54) is 35.2 Å². The summed E-state index contributed by atoms with van der Waals surface area (Å²) in [4.78, 5) is 69.3. The lowest BCUT2D eigenvalue weighted by molar-refractivity contribution is -0.384. The first-order valence-corrected chi connectivity index (χ1v) is 15.1. The quantitative estimate of drug-likeness (QED) is 0.170. The molecule has 2 aliphatic heterocycles. The number of amides is 4. The van der Waals surface area contributed by atoms with E-state index in [0.717, 1.165) is 10.5 Å². The van der Waals surface area contributed by atoms with Gasteiger partial charge in [-0.2, -0.15) is 0 Å². The number of benzene rings is 3. The first-order chi connectivity index (χ1) is 21.0. The fourth-order valence-electron chi connectivity index (χ4n) is 7.92. The number of fused-ring (bicyclic) bond motifs is 4. The van der Waals surface area contributed by atoms with Gasteiger partial charge >= 0.3 is 0 Å². The van der Waals surface area contributed by atoms with Gasteiger partial charge in [0.15, 0.2) is 0 Å². The lowest BCUT2D eigenvalue weighted by Gasteiger charge is -2.49. The van der Waals surface area contributed by atoms with Gasteiger partial charge in [-0.3, -0.25) is 34.2 Å². The molecule has 0 radical (unpaired) electrons. The number of hydrogen-bond acceptors (Lipinski definition) is 7. The molecule has 44 heavy (non-hydrogen) atoms. The zero-order chi connectivity index (χ0) is 31.1. The maximum Gasteiger partial charge on any atom is 0.269 e. The van der Waals surface area contributed by atoms with Crippen molar-refractivity contribution in [1.29, 1.82) is 0 Å². The highest BCUT2D eigenvalue weighted by molar-refractivity contribution is 9.10. The SMILES string of the molecule is CC12C(=O)N(c3ccccc3)C(=O)C1CC1C(=CCC3C(=O)N(c4ccc([N+](=O)[O-])cc4)C(=O)C31)C2c1cc(Br)ccc1O. The van der Waals surface area contributed by atoms with E-state index in [-0.39, 0.29) is 41.8 Å². The van der Waals surface area contributed by atoms with Crippen LogP contribution < -0.4 is 9.80 Å². The van der Waals surface area contributed by atoms with Crippen molar-refractivity contribution in [3.05, 3.63) is 105 Å². The summed E-state index contributed by atoms with van der Waals surface area (Å²) < 4.78 is 0.676. The average Bonchev–Trinajstić information content (AvgIpc) is 3.38. The van der Waals surface area contributed by atoms with Gasteiger partial charge in [-0.1, -0.05) is 45.8 Å². The van der Waals surface area contributed by atoms with Gasteiger partial charge in [-0.05, 0) is 68.1 Å². The fourth-order valence-corrected chi connectivity index (χ4v) is 8.30. The zero-order valence-corrected chi connectivity index (χ0v) is 25.0. The number of para-hydroxylation sites is 1. The van der Waals surface area contributed by atoms with Gasteiger partial charge in [0, 0.05) is 28.1 Å². The number of aromatic hydroxyl groups is 1. The zero-order valence-electron chi connectivity index (χ0n) is 23.4. The summed E-state index contributed by atoms with van der Waals surface area (Å²) in [5, 5.41) is 22.3. The fraction of sp³-hybridized carbons (Fsp3) is 0.273. The van der Waals surface area contributed by atoms with Crippen LogP contribution in [0.5, 0.6) is 5.75 Å². The van der Waals surface area contributed by atoms with Crippen molar-refractivity contribution in [2.24, 2.45) is 29.1 Å². The smallest absolute Gasteiger partial charge is 0.269 e. The molecule has 2 saturated heterocycles. The third-order valence-corrected chi connectivity index (χ3v) is 10.4. The summed E-state index contributed by atoms with van der Waals surface area (Å²) in [6.07, 6.45) is 2.32. The molecular weight excluding hydrogens is 630 g/mol. The molecule has 1 N–H and O–H groups in total. The summed E-state index contributed by atoms with van der Waals surface area (Å²) in [5.41, 5.74) is 0.462. The average molecular weight is 656 g/mol. The van der Waals surface area contributed by atoms with Crippen LogP contribution >= 0.6 is 15.9 Å². The van der Waals surface area contributed by atoms with Crippen LogP contribution in [0.2, 0.25) is 0 Å². The van der Waals surface area contributed by atoms with E-state index in [9.17, 15) is 34.4 Å². The van der Waals surface area contributed by atoms with Gasteiger partial charge in [0.05, 0.1) is 39.5 Å². The van der Waals surface area contributed by atoms with E-state index < -0.39 is 51.7 Å². The van der Waals surface area contributed by atoms with Crippen LogP contribution in [-0.2, 0) is 19.2 Å². The molecule has 10 nitrogen and oxygen atoms in total. The molecule has 3 fully saturated rings. The molecule has 2 aliphatic carbocycles. The second kappa shape index (κ2) is 9.95. The van der Waals surface area contributed by atoms with E-state index in [2.05, 4.69) is 15.9 Å². The van der Waals surface area contributed by atoms with Gasteiger partial charge in [0.2, 0.25) is 23.6 Å². The Kier molecular flexibility index (Phi) is 6.36. The molecule has 2 heterocycles. The summed E-state index contributed by atoms with van der Waals surface area (Å²) in [7, 11) is 0. The minimum Gasteiger partial charge on any atom is -0.508 e. The Labute approximate surface area is 260 Å². The monoisotopic (exact) mass is 655 g/mol. The van der Waals surface area contributed by atoms with Crippen molar-refractivity contribution in [1.82, 2.24) is 0 Å². The number of allylic oxidation sites excluding steroid dienone is 2. The number of halogens is 1. The summed E-state index contributed by atoms with van der Waals surface area (Å²) in [5.74, 6) is -5.26. The number of phenolic OH excluding ortho intramolecular Hbond substituents is 1. The Hall–Kier alpha value is -4.64. The van der Waals surface area contributed by atoms with E-state index in [1.54, 1.807) is 49.4 Å².